The van der Waals surface area contributed by atoms with Crippen molar-refractivity contribution in [2.24, 2.45) is 0 Å². The summed E-state index contributed by atoms with van der Waals surface area (Å²) in [6, 6.07) is 10.9. The predicted molar refractivity (Wildman–Crippen MR) is 122 cm³/mol. The smallest absolute Gasteiger partial charge is 0.230 e. The molecule has 1 fully saturated rings. The average Bonchev–Trinajstić information content (AvgIpc) is 2.92. The molecule has 0 atom stereocenters. The Morgan fingerprint density at radius 3 is 2.73 bits per heavy atom. The molecular formula is C24H31N4OS+. The molecule has 5 nitrogen and oxygen atoms in total. The minimum absolute atomic E-state index is 0.0387. The summed E-state index contributed by atoms with van der Waals surface area (Å²) < 4.78 is 0. The van der Waals surface area contributed by atoms with Gasteiger partial charge in [0, 0.05) is 10.6 Å². The molecule has 30 heavy (non-hydrogen) atoms. The van der Waals surface area contributed by atoms with E-state index in [1.807, 2.05) is 0 Å². The second-order valence-electron chi connectivity index (χ2n) is 8.45. The number of nitrogens with one attached hydrogen (secondary N) is 2. The lowest BCUT2D eigenvalue weighted by Gasteiger charge is -2.34. The number of nitriles is 1. The Bertz CT molecular complexity index is 937. The number of carbonyl (C=O) groups is 1. The lowest BCUT2D eigenvalue weighted by Crippen LogP contribution is -3.15. The van der Waals surface area contributed by atoms with E-state index in [-0.39, 0.29) is 5.91 Å². The summed E-state index contributed by atoms with van der Waals surface area (Å²) in [7, 11) is 0. The van der Waals surface area contributed by atoms with Crippen molar-refractivity contribution in [2.45, 2.75) is 45.4 Å². The van der Waals surface area contributed by atoms with Crippen LogP contribution in [0.4, 0.5) is 10.7 Å². The molecule has 1 aliphatic carbocycles. The van der Waals surface area contributed by atoms with E-state index in [9.17, 15) is 10.1 Å². The summed E-state index contributed by atoms with van der Waals surface area (Å²) in [6.07, 6.45) is 6.08. The predicted octanol–water partition coefficient (Wildman–Crippen LogP) is 2.93. The molecule has 2 aromatic rings. The van der Waals surface area contributed by atoms with Crippen LogP contribution in [0, 0.1) is 18.3 Å². The Labute approximate surface area is 183 Å². The SMILES string of the molecule is Cc1ccccc1N1CC[NH+](CCC(=O)Nc2sc3c(c2C#N)CCCCC3)CC1. The van der Waals surface area contributed by atoms with Crippen molar-refractivity contribution in [3.8, 4) is 6.07 Å². The third-order valence-corrected chi connectivity index (χ3v) is 7.63. The van der Waals surface area contributed by atoms with Crippen molar-refractivity contribution in [3.63, 3.8) is 0 Å². The monoisotopic (exact) mass is 423 g/mol. The van der Waals surface area contributed by atoms with Crippen LogP contribution in [0.2, 0.25) is 0 Å². The fraction of sp³-hybridized carbons (Fsp3) is 0.500. The van der Waals surface area contributed by atoms with E-state index in [0.29, 0.717) is 12.0 Å². The normalized spacial score (nSPS) is 17.1. The van der Waals surface area contributed by atoms with E-state index in [0.717, 1.165) is 57.0 Å². The number of hydrogen-bond donors (Lipinski definition) is 2. The average molecular weight is 424 g/mol. The topological polar surface area (TPSA) is 60.6 Å². The van der Waals surface area contributed by atoms with E-state index < -0.39 is 0 Å². The Morgan fingerprint density at radius 1 is 1.20 bits per heavy atom. The zero-order valence-electron chi connectivity index (χ0n) is 17.8. The van der Waals surface area contributed by atoms with Gasteiger partial charge in [0.15, 0.2) is 0 Å². The van der Waals surface area contributed by atoms with Crippen molar-refractivity contribution in [3.05, 3.63) is 45.8 Å². The number of rotatable bonds is 5. The highest BCUT2D eigenvalue weighted by Gasteiger charge is 2.23. The maximum Gasteiger partial charge on any atom is 0.230 e. The number of hydrogen-bond acceptors (Lipinski definition) is 4. The highest BCUT2D eigenvalue weighted by molar-refractivity contribution is 7.16. The van der Waals surface area contributed by atoms with Crippen LogP contribution in [0.15, 0.2) is 24.3 Å². The Morgan fingerprint density at radius 2 is 1.97 bits per heavy atom. The molecule has 0 unspecified atom stereocenters. The van der Waals surface area contributed by atoms with Crippen LogP contribution < -0.4 is 15.1 Å². The molecule has 2 aliphatic rings. The number of amides is 1. The largest absolute Gasteiger partial charge is 0.360 e. The number of carbonyl (C=O) groups excluding carboxylic acids is 1. The molecule has 0 radical (unpaired) electrons. The van der Waals surface area contributed by atoms with Crippen molar-refractivity contribution >= 4 is 27.9 Å². The van der Waals surface area contributed by atoms with Gasteiger partial charge in [0.1, 0.15) is 11.1 Å². The first-order chi connectivity index (χ1) is 14.7. The van der Waals surface area contributed by atoms with Gasteiger partial charge < -0.3 is 15.1 Å². The Kier molecular flexibility index (Phi) is 6.71. The molecule has 2 heterocycles. The van der Waals surface area contributed by atoms with Gasteiger partial charge in [0.2, 0.25) is 5.91 Å². The van der Waals surface area contributed by atoms with E-state index in [4.69, 9.17) is 0 Å². The van der Waals surface area contributed by atoms with Crippen LogP contribution >= 0.6 is 11.3 Å². The zero-order valence-corrected chi connectivity index (χ0v) is 18.6. The summed E-state index contributed by atoms with van der Waals surface area (Å²) in [5, 5.41) is 13.5. The summed E-state index contributed by atoms with van der Waals surface area (Å²) in [4.78, 5) is 17.8. The van der Waals surface area contributed by atoms with Crippen LogP contribution in [0.1, 0.15) is 47.3 Å². The molecule has 0 bridgehead atoms. The van der Waals surface area contributed by atoms with Gasteiger partial charge in [-0.2, -0.15) is 5.26 Å². The number of anilines is 2. The summed E-state index contributed by atoms with van der Waals surface area (Å²) >= 11 is 1.62. The van der Waals surface area contributed by atoms with Gasteiger partial charge in [-0.1, -0.05) is 24.6 Å². The Hall–Kier alpha value is -2.36. The molecule has 1 aromatic heterocycles. The second-order valence-corrected chi connectivity index (χ2v) is 9.56. The van der Waals surface area contributed by atoms with Crippen LogP contribution in [-0.4, -0.2) is 38.6 Å². The van der Waals surface area contributed by atoms with Gasteiger partial charge in [-0.05, 0) is 49.8 Å². The van der Waals surface area contributed by atoms with Crippen molar-refractivity contribution in [1.29, 1.82) is 5.26 Å². The van der Waals surface area contributed by atoms with Crippen LogP contribution in [0.3, 0.4) is 0 Å². The van der Waals surface area contributed by atoms with Crippen LogP contribution in [-0.2, 0) is 17.6 Å². The fourth-order valence-corrected chi connectivity index (χ4v) is 5.92. The molecule has 2 N–H and O–H groups in total. The maximum atomic E-state index is 12.6. The third-order valence-electron chi connectivity index (χ3n) is 6.42. The van der Waals surface area contributed by atoms with Gasteiger partial charge in [-0.15, -0.1) is 11.3 Å². The number of quaternary nitrogens is 1. The fourth-order valence-electron chi connectivity index (χ4n) is 4.66. The zero-order chi connectivity index (χ0) is 20.9. The van der Waals surface area contributed by atoms with Crippen LogP contribution in [0.25, 0.3) is 0 Å². The Balaban J connectivity index is 1.28. The number of aryl methyl sites for hydroxylation is 2. The molecule has 1 aliphatic heterocycles. The lowest BCUT2D eigenvalue weighted by molar-refractivity contribution is -0.900. The highest BCUT2D eigenvalue weighted by atomic mass is 32.1. The molecule has 1 amide bonds. The molecular weight excluding hydrogens is 392 g/mol. The van der Waals surface area contributed by atoms with E-state index >= 15 is 0 Å². The number of fused-ring (bicyclic) bond motifs is 1. The second kappa shape index (κ2) is 9.63. The minimum Gasteiger partial charge on any atom is -0.360 e. The number of piperazine rings is 1. The lowest BCUT2D eigenvalue weighted by atomic mass is 10.1. The van der Waals surface area contributed by atoms with Crippen molar-refractivity contribution in [1.82, 2.24) is 0 Å². The number of nitrogens with zero attached hydrogens (tertiary/aromatic N) is 2. The van der Waals surface area contributed by atoms with Crippen molar-refractivity contribution in [2.75, 3.05) is 42.9 Å². The quantitative estimate of drug-likeness (QED) is 0.727. The van der Waals surface area contributed by atoms with Gasteiger partial charge in [-0.25, -0.2) is 0 Å². The summed E-state index contributed by atoms with van der Waals surface area (Å²) in [5.74, 6) is 0.0387. The summed E-state index contributed by atoms with van der Waals surface area (Å²) in [6.45, 7) is 7.17. The first-order valence-electron chi connectivity index (χ1n) is 11.1. The third kappa shape index (κ3) is 4.69. The summed E-state index contributed by atoms with van der Waals surface area (Å²) in [5.41, 5.74) is 4.55. The number of para-hydroxylation sites is 1. The molecule has 0 saturated carbocycles. The first kappa shape index (κ1) is 20.9. The molecule has 0 spiro atoms. The van der Waals surface area contributed by atoms with Gasteiger partial charge in [-0.3, -0.25) is 4.79 Å². The minimum atomic E-state index is 0.0387. The molecule has 6 heteroatoms. The first-order valence-corrected chi connectivity index (χ1v) is 12.0. The van der Waals surface area contributed by atoms with E-state index in [1.54, 1.807) is 11.3 Å². The van der Waals surface area contributed by atoms with E-state index in [2.05, 4.69) is 47.5 Å². The molecule has 158 valence electrons. The van der Waals surface area contributed by atoms with Gasteiger partial charge in [0.05, 0.1) is 44.7 Å². The van der Waals surface area contributed by atoms with E-state index in [1.165, 1.54) is 39.4 Å². The standard InChI is InChI=1S/C24H30N4OS/c1-18-7-5-6-9-21(18)28-15-13-27(14-16-28)12-11-23(29)26-24-20(17-25)19-8-3-2-4-10-22(19)30-24/h5-7,9H,2-4,8,10-16H2,1H3,(H,26,29)/p+1. The van der Waals surface area contributed by atoms with Gasteiger partial charge in [0.25, 0.3) is 0 Å². The van der Waals surface area contributed by atoms with Gasteiger partial charge >= 0.3 is 0 Å². The highest BCUT2D eigenvalue weighted by Crippen LogP contribution is 2.37. The maximum absolute atomic E-state index is 12.6. The number of thiophene rings is 1. The van der Waals surface area contributed by atoms with Crippen LogP contribution in [0.5, 0.6) is 0 Å². The molecule has 1 aromatic carbocycles. The molecule has 4 rings (SSSR count). The molecule has 1 saturated heterocycles. The van der Waals surface area contributed by atoms with Crippen molar-refractivity contribution < 1.29 is 9.69 Å². The number of benzene rings is 1.